The molecule has 0 amide bonds. The third-order valence-electron chi connectivity index (χ3n) is 2.87. The Morgan fingerprint density at radius 1 is 1.28 bits per heavy atom. The number of ether oxygens (including phenoxy) is 1. The summed E-state index contributed by atoms with van der Waals surface area (Å²) in [4.78, 5) is 0. The molecule has 2 heteroatoms. The molecule has 1 aromatic carbocycles. The van der Waals surface area contributed by atoms with Crippen molar-refractivity contribution >= 4 is 5.57 Å². The Bertz CT molecular complexity index is 365. The van der Waals surface area contributed by atoms with Crippen LogP contribution in [0.4, 0.5) is 0 Å². The van der Waals surface area contributed by atoms with Gasteiger partial charge in [-0.1, -0.05) is 32.1 Å². The first kappa shape index (κ1) is 14.8. The first-order valence-electron chi connectivity index (χ1n) is 6.65. The SMILES string of the molecule is COc1ccc(C(C)=CCCNCC(C)C)cc1. The van der Waals surface area contributed by atoms with Gasteiger partial charge in [-0.2, -0.15) is 0 Å². The van der Waals surface area contributed by atoms with Crippen LogP contribution in [0.5, 0.6) is 5.75 Å². The molecule has 100 valence electrons. The fourth-order valence-corrected chi connectivity index (χ4v) is 1.75. The van der Waals surface area contributed by atoms with Gasteiger partial charge in [0.05, 0.1) is 7.11 Å². The molecule has 1 aromatic rings. The number of nitrogens with one attached hydrogen (secondary N) is 1. The van der Waals surface area contributed by atoms with Crippen molar-refractivity contribution in [1.82, 2.24) is 5.32 Å². The topological polar surface area (TPSA) is 21.3 Å². The summed E-state index contributed by atoms with van der Waals surface area (Å²) in [6.07, 6.45) is 3.36. The summed E-state index contributed by atoms with van der Waals surface area (Å²) in [7, 11) is 1.69. The Labute approximate surface area is 111 Å². The summed E-state index contributed by atoms with van der Waals surface area (Å²) in [6.45, 7) is 8.75. The van der Waals surface area contributed by atoms with Crippen molar-refractivity contribution in [2.24, 2.45) is 5.92 Å². The second kappa shape index (κ2) is 7.93. The lowest BCUT2D eigenvalue weighted by Crippen LogP contribution is -2.20. The Morgan fingerprint density at radius 2 is 1.94 bits per heavy atom. The zero-order valence-corrected chi connectivity index (χ0v) is 12.0. The average Bonchev–Trinajstić information content (AvgIpc) is 2.38. The van der Waals surface area contributed by atoms with Crippen molar-refractivity contribution in [3.63, 3.8) is 0 Å². The zero-order chi connectivity index (χ0) is 13.4. The molecule has 0 aliphatic rings. The van der Waals surface area contributed by atoms with Crippen molar-refractivity contribution in [3.05, 3.63) is 35.9 Å². The molecule has 18 heavy (non-hydrogen) atoms. The molecule has 0 unspecified atom stereocenters. The van der Waals surface area contributed by atoms with Crippen LogP contribution in [-0.4, -0.2) is 20.2 Å². The van der Waals surface area contributed by atoms with Crippen LogP contribution in [-0.2, 0) is 0 Å². The number of hydrogen-bond donors (Lipinski definition) is 1. The Hall–Kier alpha value is -1.28. The second-order valence-corrected chi connectivity index (χ2v) is 5.00. The van der Waals surface area contributed by atoms with Gasteiger partial charge < -0.3 is 10.1 Å². The van der Waals surface area contributed by atoms with Crippen molar-refractivity contribution in [2.75, 3.05) is 20.2 Å². The fourth-order valence-electron chi connectivity index (χ4n) is 1.75. The molecular weight excluding hydrogens is 222 g/mol. The quantitative estimate of drug-likeness (QED) is 0.741. The Morgan fingerprint density at radius 3 is 2.50 bits per heavy atom. The van der Waals surface area contributed by atoms with E-state index in [9.17, 15) is 0 Å². The number of rotatable bonds is 7. The van der Waals surface area contributed by atoms with Gasteiger partial charge in [-0.15, -0.1) is 0 Å². The van der Waals surface area contributed by atoms with Gasteiger partial charge in [-0.05, 0) is 55.6 Å². The lowest BCUT2D eigenvalue weighted by Gasteiger charge is -2.06. The number of allylic oxidation sites excluding steroid dienone is 1. The van der Waals surface area contributed by atoms with E-state index in [2.05, 4.69) is 44.3 Å². The third kappa shape index (κ3) is 5.37. The number of benzene rings is 1. The maximum absolute atomic E-state index is 5.15. The van der Waals surface area contributed by atoms with E-state index < -0.39 is 0 Å². The van der Waals surface area contributed by atoms with Crippen LogP contribution in [0, 0.1) is 5.92 Å². The largest absolute Gasteiger partial charge is 0.497 e. The lowest BCUT2D eigenvalue weighted by atomic mass is 10.1. The molecule has 1 N–H and O–H groups in total. The highest BCUT2D eigenvalue weighted by atomic mass is 16.5. The Balaban J connectivity index is 2.40. The molecule has 2 nitrogen and oxygen atoms in total. The highest BCUT2D eigenvalue weighted by Gasteiger charge is 1.96. The van der Waals surface area contributed by atoms with E-state index in [0.29, 0.717) is 0 Å². The van der Waals surface area contributed by atoms with Crippen LogP contribution in [0.3, 0.4) is 0 Å². The van der Waals surface area contributed by atoms with Crippen molar-refractivity contribution in [2.45, 2.75) is 27.2 Å². The standard InChI is InChI=1S/C16H25NO/c1-13(2)12-17-11-5-6-14(3)15-7-9-16(18-4)10-8-15/h6-10,13,17H,5,11-12H2,1-4H3. The van der Waals surface area contributed by atoms with E-state index in [0.717, 1.165) is 31.2 Å². The molecule has 0 spiro atoms. The summed E-state index contributed by atoms with van der Waals surface area (Å²) in [5, 5.41) is 3.45. The molecule has 1 rings (SSSR count). The summed E-state index contributed by atoms with van der Waals surface area (Å²) in [5.74, 6) is 1.63. The normalized spacial score (nSPS) is 11.9. The van der Waals surface area contributed by atoms with Gasteiger partial charge in [0.2, 0.25) is 0 Å². The van der Waals surface area contributed by atoms with Gasteiger partial charge in [0.25, 0.3) is 0 Å². The molecular formula is C16H25NO. The molecule has 0 fully saturated rings. The predicted octanol–water partition coefficient (Wildman–Crippen LogP) is 3.73. The van der Waals surface area contributed by atoms with Crippen LogP contribution in [0.25, 0.3) is 5.57 Å². The number of methoxy groups -OCH3 is 1. The van der Waals surface area contributed by atoms with Gasteiger partial charge in [-0.3, -0.25) is 0 Å². The number of hydrogen-bond acceptors (Lipinski definition) is 2. The van der Waals surface area contributed by atoms with E-state index >= 15 is 0 Å². The van der Waals surface area contributed by atoms with Crippen LogP contribution in [0.2, 0.25) is 0 Å². The van der Waals surface area contributed by atoms with Crippen LogP contribution in [0.15, 0.2) is 30.3 Å². The molecule has 0 saturated carbocycles. The molecule has 0 aliphatic carbocycles. The van der Waals surface area contributed by atoms with Crippen molar-refractivity contribution in [3.8, 4) is 5.75 Å². The fraction of sp³-hybridized carbons (Fsp3) is 0.500. The molecule has 0 aliphatic heterocycles. The Kier molecular flexibility index (Phi) is 6.51. The van der Waals surface area contributed by atoms with E-state index in [1.54, 1.807) is 7.11 Å². The smallest absolute Gasteiger partial charge is 0.118 e. The average molecular weight is 247 g/mol. The molecule has 0 radical (unpaired) electrons. The first-order chi connectivity index (χ1) is 8.63. The first-order valence-corrected chi connectivity index (χ1v) is 6.65. The monoisotopic (exact) mass is 247 g/mol. The lowest BCUT2D eigenvalue weighted by molar-refractivity contribution is 0.415. The maximum Gasteiger partial charge on any atom is 0.118 e. The van der Waals surface area contributed by atoms with Crippen LogP contribution in [0.1, 0.15) is 32.8 Å². The summed E-state index contributed by atoms with van der Waals surface area (Å²) < 4.78 is 5.15. The highest BCUT2D eigenvalue weighted by Crippen LogP contribution is 2.18. The predicted molar refractivity (Wildman–Crippen MR) is 79.0 cm³/mol. The minimum atomic E-state index is 0.719. The van der Waals surface area contributed by atoms with Gasteiger partial charge in [-0.25, -0.2) is 0 Å². The minimum Gasteiger partial charge on any atom is -0.497 e. The summed E-state index contributed by atoms with van der Waals surface area (Å²) >= 11 is 0. The van der Waals surface area contributed by atoms with Gasteiger partial charge in [0.15, 0.2) is 0 Å². The molecule has 0 heterocycles. The van der Waals surface area contributed by atoms with Gasteiger partial charge in [0, 0.05) is 0 Å². The molecule has 0 saturated heterocycles. The molecule has 0 bridgehead atoms. The molecule has 0 atom stereocenters. The highest BCUT2D eigenvalue weighted by molar-refractivity contribution is 5.64. The second-order valence-electron chi connectivity index (χ2n) is 5.00. The van der Waals surface area contributed by atoms with E-state index in [4.69, 9.17) is 4.74 Å². The van der Waals surface area contributed by atoms with E-state index in [1.165, 1.54) is 11.1 Å². The summed E-state index contributed by atoms with van der Waals surface area (Å²) in [5.41, 5.74) is 2.59. The van der Waals surface area contributed by atoms with E-state index in [-0.39, 0.29) is 0 Å². The zero-order valence-electron chi connectivity index (χ0n) is 12.0. The maximum atomic E-state index is 5.15. The van der Waals surface area contributed by atoms with Crippen molar-refractivity contribution < 1.29 is 4.74 Å². The minimum absolute atomic E-state index is 0.719. The van der Waals surface area contributed by atoms with Crippen LogP contribution < -0.4 is 10.1 Å². The van der Waals surface area contributed by atoms with Crippen molar-refractivity contribution in [1.29, 1.82) is 0 Å². The van der Waals surface area contributed by atoms with Gasteiger partial charge >= 0.3 is 0 Å². The van der Waals surface area contributed by atoms with Crippen LogP contribution >= 0.6 is 0 Å². The van der Waals surface area contributed by atoms with Gasteiger partial charge in [0.1, 0.15) is 5.75 Å². The summed E-state index contributed by atoms with van der Waals surface area (Å²) in [6, 6.07) is 8.21. The molecule has 0 aromatic heterocycles. The third-order valence-corrected chi connectivity index (χ3v) is 2.87. The van der Waals surface area contributed by atoms with E-state index in [1.807, 2.05) is 12.1 Å².